The Hall–Kier alpha value is 0.150. The van der Waals surface area contributed by atoms with Crippen molar-refractivity contribution in [2.75, 3.05) is 14.1 Å². The zero-order valence-corrected chi connectivity index (χ0v) is 9.07. The standard InChI is InChI=1S/C7H18NO2P/c1-7(2,3)6(8(4)5)10-11-9/h6H,11H2,1-5H3. The van der Waals surface area contributed by atoms with E-state index < -0.39 is 8.69 Å². The molecule has 2 atom stereocenters. The molecule has 0 aliphatic rings. The second-order valence-electron chi connectivity index (χ2n) is 3.91. The lowest BCUT2D eigenvalue weighted by Crippen LogP contribution is -2.39. The van der Waals surface area contributed by atoms with E-state index >= 15 is 0 Å². The molecule has 4 heteroatoms. The van der Waals surface area contributed by atoms with Gasteiger partial charge in [0.05, 0.1) is 0 Å². The van der Waals surface area contributed by atoms with E-state index in [2.05, 4.69) is 20.8 Å². The van der Waals surface area contributed by atoms with Crippen LogP contribution in [0.2, 0.25) is 0 Å². The third kappa shape index (κ3) is 3.90. The number of rotatable bonds is 3. The summed E-state index contributed by atoms with van der Waals surface area (Å²) in [5, 5.41) is 0. The van der Waals surface area contributed by atoms with E-state index in [9.17, 15) is 4.57 Å². The fourth-order valence-corrected chi connectivity index (χ4v) is 1.91. The molecule has 0 amide bonds. The summed E-state index contributed by atoms with van der Waals surface area (Å²) in [5.41, 5.74) is 0.0148. The van der Waals surface area contributed by atoms with Gasteiger partial charge in [0, 0.05) is 5.41 Å². The van der Waals surface area contributed by atoms with Crippen LogP contribution in [-0.2, 0) is 9.09 Å². The molecule has 0 aromatic carbocycles. The first-order chi connectivity index (χ1) is 4.89. The van der Waals surface area contributed by atoms with Crippen molar-refractivity contribution in [3.8, 4) is 0 Å². The summed E-state index contributed by atoms with van der Waals surface area (Å²) < 4.78 is 15.4. The lowest BCUT2D eigenvalue weighted by Gasteiger charge is -2.33. The lowest BCUT2D eigenvalue weighted by molar-refractivity contribution is -0.0135. The first-order valence-corrected chi connectivity index (χ1v) is 4.59. The molecule has 0 bridgehead atoms. The smallest absolute Gasteiger partial charge is 0.181 e. The second kappa shape index (κ2) is 4.24. The van der Waals surface area contributed by atoms with Gasteiger partial charge in [-0.2, -0.15) is 0 Å². The molecule has 0 saturated heterocycles. The highest BCUT2D eigenvalue weighted by molar-refractivity contribution is 7.17. The Morgan fingerprint density at radius 1 is 1.36 bits per heavy atom. The van der Waals surface area contributed by atoms with Crippen LogP contribution >= 0.6 is 8.69 Å². The predicted molar refractivity (Wildman–Crippen MR) is 48.4 cm³/mol. The zero-order valence-electron chi connectivity index (χ0n) is 7.92. The van der Waals surface area contributed by atoms with Crippen LogP contribution < -0.4 is 0 Å². The molecule has 0 radical (unpaired) electrons. The van der Waals surface area contributed by atoms with Crippen LogP contribution in [0.5, 0.6) is 0 Å². The van der Waals surface area contributed by atoms with Gasteiger partial charge in [-0.3, -0.25) is 9.46 Å². The first-order valence-electron chi connectivity index (χ1n) is 3.65. The summed E-state index contributed by atoms with van der Waals surface area (Å²) in [6.07, 6.45) is -0.0602. The highest BCUT2D eigenvalue weighted by atomic mass is 31.1. The van der Waals surface area contributed by atoms with Crippen molar-refractivity contribution < 1.29 is 9.09 Å². The average Bonchev–Trinajstić information content (AvgIpc) is 1.79. The molecule has 11 heavy (non-hydrogen) atoms. The Morgan fingerprint density at radius 2 is 1.82 bits per heavy atom. The third-order valence-electron chi connectivity index (χ3n) is 1.39. The van der Waals surface area contributed by atoms with Gasteiger partial charge in [0.2, 0.25) is 0 Å². The van der Waals surface area contributed by atoms with Crippen LogP contribution in [-0.4, -0.2) is 25.2 Å². The van der Waals surface area contributed by atoms with Crippen molar-refractivity contribution in [2.24, 2.45) is 5.41 Å². The van der Waals surface area contributed by atoms with Crippen molar-refractivity contribution in [1.82, 2.24) is 4.90 Å². The van der Waals surface area contributed by atoms with Gasteiger partial charge in [-0.15, -0.1) is 0 Å². The van der Waals surface area contributed by atoms with Gasteiger partial charge in [0.25, 0.3) is 0 Å². The molecule has 0 aromatic heterocycles. The maximum Gasteiger partial charge on any atom is 0.181 e. The largest absolute Gasteiger partial charge is 0.313 e. The van der Waals surface area contributed by atoms with E-state index in [1.165, 1.54) is 0 Å². The summed E-state index contributed by atoms with van der Waals surface area (Å²) in [5.74, 6) is 0. The number of nitrogens with zero attached hydrogens (tertiary/aromatic N) is 1. The Labute approximate surface area is 70.0 Å². The highest BCUT2D eigenvalue weighted by Crippen LogP contribution is 2.26. The van der Waals surface area contributed by atoms with Gasteiger partial charge in [0.1, 0.15) is 6.23 Å². The van der Waals surface area contributed by atoms with E-state index in [1.54, 1.807) is 0 Å². The van der Waals surface area contributed by atoms with Crippen LogP contribution in [0.25, 0.3) is 0 Å². The first kappa shape index (κ1) is 11.2. The summed E-state index contributed by atoms with van der Waals surface area (Å²) >= 11 is 0. The maximum absolute atomic E-state index is 10.3. The fourth-order valence-electron chi connectivity index (χ4n) is 1.15. The molecule has 0 fully saturated rings. The van der Waals surface area contributed by atoms with Crippen molar-refractivity contribution >= 4 is 8.69 Å². The molecule has 0 aliphatic carbocycles. The van der Waals surface area contributed by atoms with Crippen LogP contribution in [0.15, 0.2) is 0 Å². The summed E-state index contributed by atoms with van der Waals surface area (Å²) in [7, 11) is 2.73. The number of hydrogen-bond donors (Lipinski definition) is 0. The molecular weight excluding hydrogens is 161 g/mol. The van der Waals surface area contributed by atoms with Gasteiger partial charge in [-0.1, -0.05) is 20.8 Å². The Bertz CT molecular complexity index is 131. The Kier molecular flexibility index (Phi) is 4.30. The minimum atomic E-state index is -1.12. The van der Waals surface area contributed by atoms with Crippen molar-refractivity contribution in [2.45, 2.75) is 27.0 Å². The molecule has 0 saturated carbocycles. The minimum Gasteiger partial charge on any atom is -0.313 e. The van der Waals surface area contributed by atoms with Crippen molar-refractivity contribution in [3.05, 3.63) is 0 Å². The van der Waals surface area contributed by atoms with Gasteiger partial charge in [0.15, 0.2) is 8.69 Å². The zero-order chi connectivity index (χ0) is 9.07. The molecule has 0 spiro atoms. The normalized spacial score (nSPS) is 16.5. The van der Waals surface area contributed by atoms with E-state index in [0.29, 0.717) is 0 Å². The Morgan fingerprint density at radius 3 is 1.91 bits per heavy atom. The van der Waals surface area contributed by atoms with E-state index in [1.807, 2.05) is 19.0 Å². The van der Waals surface area contributed by atoms with Crippen LogP contribution in [0, 0.1) is 5.41 Å². The maximum atomic E-state index is 10.3. The molecule has 3 nitrogen and oxygen atoms in total. The Balaban J connectivity index is 4.21. The van der Waals surface area contributed by atoms with Gasteiger partial charge >= 0.3 is 0 Å². The molecule has 0 rings (SSSR count). The second-order valence-corrected chi connectivity index (χ2v) is 4.38. The van der Waals surface area contributed by atoms with Crippen molar-refractivity contribution in [1.29, 1.82) is 0 Å². The molecule has 0 heterocycles. The molecule has 0 N–H and O–H groups in total. The van der Waals surface area contributed by atoms with Gasteiger partial charge in [-0.25, -0.2) is 0 Å². The topological polar surface area (TPSA) is 29.5 Å². The predicted octanol–water partition coefficient (Wildman–Crippen LogP) is 1.61. The minimum absolute atomic E-state index is 0.0148. The van der Waals surface area contributed by atoms with Crippen LogP contribution in [0.1, 0.15) is 20.8 Å². The fraction of sp³-hybridized carbons (Fsp3) is 1.00. The third-order valence-corrected chi connectivity index (χ3v) is 1.76. The lowest BCUT2D eigenvalue weighted by atomic mass is 9.94. The van der Waals surface area contributed by atoms with E-state index in [0.717, 1.165) is 0 Å². The van der Waals surface area contributed by atoms with Crippen molar-refractivity contribution in [3.63, 3.8) is 0 Å². The summed E-state index contributed by atoms with van der Waals surface area (Å²) in [6, 6.07) is 0. The van der Waals surface area contributed by atoms with Gasteiger partial charge in [-0.05, 0) is 14.1 Å². The molecule has 2 unspecified atom stereocenters. The monoisotopic (exact) mass is 179 g/mol. The summed E-state index contributed by atoms with van der Waals surface area (Å²) in [4.78, 5) is 1.94. The molecule has 0 aromatic rings. The average molecular weight is 179 g/mol. The quantitative estimate of drug-likeness (QED) is 0.487. The van der Waals surface area contributed by atoms with E-state index in [4.69, 9.17) is 4.52 Å². The molecule has 68 valence electrons. The molecule has 0 aliphatic heterocycles. The van der Waals surface area contributed by atoms with Crippen LogP contribution in [0.3, 0.4) is 0 Å². The molecular formula is C7H18NO2P. The number of hydrogen-bond acceptors (Lipinski definition) is 3. The highest BCUT2D eigenvalue weighted by Gasteiger charge is 2.26. The van der Waals surface area contributed by atoms with Crippen LogP contribution in [0.4, 0.5) is 0 Å². The SMILES string of the molecule is CN(C)C(O[PH2]=O)C(C)(C)C. The van der Waals surface area contributed by atoms with Gasteiger partial charge < -0.3 is 4.52 Å². The van der Waals surface area contributed by atoms with E-state index in [-0.39, 0.29) is 11.6 Å². The summed E-state index contributed by atoms with van der Waals surface area (Å²) in [6.45, 7) is 6.19.